The van der Waals surface area contributed by atoms with Crippen LogP contribution in [0.5, 0.6) is 0 Å². The molecular formula is C16H23N3O3S. The maximum absolute atomic E-state index is 12.8. The molecule has 1 fully saturated rings. The highest BCUT2D eigenvalue weighted by molar-refractivity contribution is 7.89. The molecule has 1 saturated heterocycles. The van der Waals surface area contributed by atoms with Crippen LogP contribution in [0.25, 0.3) is 0 Å². The molecule has 3 rings (SSSR count). The van der Waals surface area contributed by atoms with Gasteiger partial charge in [-0.15, -0.1) is 0 Å². The van der Waals surface area contributed by atoms with E-state index in [-0.39, 0.29) is 5.91 Å². The van der Waals surface area contributed by atoms with E-state index in [1.165, 1.54) is 6.92 Å². The lowest BCUT2D eigenvalue weighted by molar-refractivity contribution is -0.116. The normalized spacial score (nSPS) is 19.8. The second-order valence-corrected chi connectivity index (χ2v) is 8.12. The molecule has 6 nitrogen and oxygen atoms in total. The zero-order valence-electron chi connectivity index (χ0n) is 13.6. The van der Waals surface area contributed by atoms with Gasteiger partial charge in [-0.1, -0.05) is 0 Å². The highest BCUT2D eigenvalue weighted by Gasteiger charge is 2.30. The maximum Gasteiger partial charge on any atom is 0.243 e. The molecule has 0 atom stereocenters. The van der Waals surface area contributed by atoms with Gasteiger partial charge in [0.25, 0.3) is 0 Å². The van der Waals surface area contributed by atoms with Crippen molar-refractivity contribution >= 4 is 21.6 Å². The molecule has 1 amide bonds. The summed E-state index contributed by atoms with van der Waals surface area (Å²) in [6.45, 7) is 3.25. The third-order valence-corrected chi connectivity index (χ3v) is 6.72. The van der Waals surface area contributed by atoms with E-state index < -0.39 is 10.0 Å². The van der Waals surface area contributed by atoms with Crippen molar-refractivity contribution in [2.75, 3.05) is 31.6 Å². The molecule has 2 aliphatic rings. The molecule has 1 N–H and O–H groups in total. The number of hydrogen-bond acceptors (Lipinski definition) is 4. The molecule has 0 bridgehead atoms. The van der Waals surface area contributed by atoms with Crippen LogP contribution < -0.4 is 10.2 Å². The molecule has 7 heteroatoms. The van der Waals surface area contributed by atoms with Crippen molar-refractivity contribution in [1.29, 1.82) is 0 Å². The van der Waals surface area contributed by atoms with Crippen LogP contribution in [0.3, 0.4) is 0 Å². The average molecular weight is 337 g/mol. The summed E-state index contributed by atoms with van der Waals surface area (Å²) in [5, 5.41) is 3.21. The van der Waals surface area contributed by atoms with Crippen LogP contribution in [-0.2, 0) is 21.2 Å². The van der Waals surface area contributed by atoms with Crippen LogP contribution in [0.4, 0.5) is 5.69 Å². The van der Waals surface area contributed by atoms with Crippen molar-refractivity contribution in [1.82, 2.24) is 9.62 Å². The van der Waals surface area contributed by atoms with E-state index in [4.69, 9.17) is 0 Å². The van der Waals surface area contributed by atoms with Gasteiger partial charge in [0.15, 0.2) is 0 Å². The Morgan fingerprint density at radius 3 is 2.52 bits per heavy atom. The number of sulfonamides is 1. The van der Waals surface area contributed by atoms with Gasteiger partial charge in [-0.25, -0.2) is 8.42 Å². The predicted octanol–water partition coefficient (Wildman–Crippen LogP) is 0.968. The molecule has 0 unspecified atom stereocenters. The predicted molar refractivity (Wildman–Crippen MR) is 89.0 cm³/mol. The van der Waals surface area contributed by atoms with Gasteiger partial charge < -0.3 is 10.2 Å². The van der Waals surface area contributed by atoms with Crippen LogP contribution >= 0.6 is 0 Å². The van der Waals surface area contributed by atoms with E-state index in [1.54, 1.807) is 27.4 Å². The van der Waals surface area contributed by atoms with Crippen LogP contribution in [0, 0.1) is 0 Å². The number of carbonyl (C=O) groups is 1. The number of carbonyl (C=O) groups excluding carboxylic acids is 1. The number of anilines is 1. The zero-order chi connectivity index (χ0) is 16.6. The van der Waals surface area contributed by atoms with E-state index in [0.29, 0.717) is 37.0 Å². The number of fused-ring (bicyclic) bond motifs is 1. The number of amides is 1. The monoisotopic (exact) mass is 337 g/mol. The summed E-state index contributed by atoms with van der Waals surface area (Å²) in [7, 11) is -1.54. The fourth-order valence-corrected chi connectivity index (χ4v) is 4.92. The Morgan fingerprint density at radius 1 is 1.22 bits per heavy atom. The number of nitrogens with zero attached hydrogens (tertiary/aromatic N) is 2. The second kappa shape index (κ2) is 6.22. The van der Waals surface area contributed by atoms with E-state index in [0.717, 1.165) is 24.1 Å². The average Bonchev–Trinajstić information content (AvgIpc) is 2.98. The zero-order valence-corrected chi connectivity index (χ0v) is 14.4. The van der Waals surface area contributed by atoms with Gasteiger partial charge >= 0.3 is 0 Å². The molecule has 0 saturated carbocycles. The number of nitrogens with one attached hydrogen (secondary N) is 1. The van der Waals surface area contributed by atoms with Crippen molar-refractivity contribution in [2.45, 2.75) is 37.1 Å². The summed E-state index contributed by atoms with van der Waals surface area (Å²) in [5.41, 5.74) is 1.77. The summed E-state index contributed by atoms with van der Waals surface area (Å²) in [4.78, 5) is 13.6. The first-order valence-electron chi connectivity index (χ1n) is 8.02. The molecule has 1 aromatic carbocycles. The Hall–Kier alpha value is -1.44. The van der Waals surface area contributed by atoms with E-state index in [9.17, 15) is 13.2 Å². The van der Waals surface area contributed by atoms with E-state index in [1.807, 2.05) is 7.05 Å². The Labute approximate surface area is 137 Å². The van der Waals surface area contributed by atoms with Crippen molar-refractivity contribution in [3.05, 3.63) is 23.8 Å². The molecule has 1 aromatic rings. The van der Waals surface area contributed by atoms with Gasteiger partial charge in [0.1, 0.15) is 0 Å². The third kappa shape index (κ3) is 3.00. The fraction of sp³-hybridized carbons (Fsp3) is 0.562. The number of rotatable bonds is 3. The smallest absolute Gasteiger partial charge is 0.243 e. The lowest BCUT2D eigenvalue weighted by Gasteiger charge is -2.31. The highest BCUT2D eigenvalue weighted by atomic mass is 32.2. The lowest BCUT2D eigenvalue weighted by atomic mass is 10.1. The van der Waals surface area contributed by atoms with Crippen molar-refractivity contribution < 1.29 is 13.2 Å². The molecule has 2 heterocycles. The summed E-state index contributed by atoms with van der Waals surface area (Å²) < 4.78 is 27.2. The molecule has 2 aliphatic heterocycles. The highest BCUT2D eigenvalue weighted by Crippen LogP contribution is 2.31. The minimum atomic E-state index is -3.45. The lowest BCUT2D eigenvalue weighted by Crippen LogP contribution is -2.43. The van der Waals surface area contributed by atoms with E-state index in [2.05, 4.69) is 5.32 Å². The first kappa shape index (κ1) is 16.4. The van der Waals surface area contributed by atoms with Crippen LogP contribution in [0.15, 0.2) is 23.1 Å². The molecular weight excluding hydrogens is 314 g/mol. The van der Waals surface area contributed by atoms with Gasteiger partial charge in [-0.05, 0) is 50.1 Å². The van der Waals surface area contributed by atoms with Crippen LogP contribution in [0.2, 0.25) is 0 Å². The Balaban J connectivity index is 1.83. The summed E-state index contributed by atoms with van der Waals surface area (Å²) in [6, 6.07) is 5.51. The first-order valence-corrected chi connectivity index (χ1v) is 9.46. The SMILES string of the molecule is CNC1CCN(S(=O)(=O)c2ccc3c(c2)CCN3C(C)=O)CC1. The molecule has 126 valence electrons. The Morgan fingerprint density at radius 2 is 1.91 bits per heavy atom. The molecule has 0 radical (unpaired) electrons. The van der Waals surface area contributed by atoms with Crippen LogP contribution in [-0.4, -0.2) is 51.4 Å². The summed E-state index contributed by atoms with van der Waals surface area (Å²) >= 11 is 0. The topological polar surface area (TPSA) is 69.7 Å². The minimum absolute atomic E-state index is 0.00602. The van der Waals surface area contributed by atoms with Crippen molar-refractivity contribution in [2.24, 2.45) is 0 Å². The van der Waals surface area contributed by atoms with Crippen molar-refractivity contribution in [3.8, 4) is 0 Å². The third-order valence-electron chi connectivity index (χ3n) is 4.83. The summed E-state index contributed by atoms with van der Waals surface area (Å²) in [5.74, 6) is -0.00602. The van der Waals surface area contributed by atoms with E-state index >= 15 is 0 Å². The van der Waals surface area contributed by atoms with Gasteiger partial charge in [-0.3, -0.25) is 4.79 Å². The largest absolute Gasteiger partial charge is 0.317 e. The van der Waals surface area contributed by atoms with Gasteiger partial charge in [-0.2, -0.15) is 4.31 Å². The van der Waals surface area contributed by atoms with Gasteiger partial charge in [0, 0.05) is 38.3 Å². The first-order chi connectivity index (χ1) is 10.9. The Kier molecular flexibility index (Phi) is 4.44. The van der Waals surface area contributed by atoms with Gasteiger partial charge in [0.05, 0.1) is 4.90 Å². The standard InChI is InChI=1S/C16H23N3O3S/c1-12(20)19-10-5-13-11-15(3-4-16(13)19)23(21,22)18-8-6-14(17-2)7-9-18/h3-4,11,14,17H,5-10H2,1-2H3. The molecule has 23 heavy (non-hydrogen) atoms. The van der Waals surface area contributed by atoms with Crippen molar-refractivity contribution in [3.63, 3.8) is 0 Å². The fourth-order valence-electron chi connectivity index (χ4n) is 3.40. The number of piperidine rings is 1. The summed E-state index contributed by atoms with van der Waals surface area (Å²) in [6.07, 6.45) is 2.37. The Bertz CT molecular complexity index is 709. The maximum atomic E-state index is 12.8. The minimum Gasteiger partial charge on any atom is -0.317 e. The molecule has 0 spiro atoms. The van der Waals surface area contributed by atoms with Gasteiger partial charge in [0.2, 0.25) is 15.9 Å². The number of benzene rings is 1. The molecule has 0 aliphatic carbocycles. The van der Waals surface area contributed by atoms with Crippen LogP contribution in [0.1, 0.15) is 25.3 Å². The quantitative estimate of drug-likeness (QED) is 0.892. The number of hydrogen-bond donors (Lipinski definition) is 1. The second-order valence-electron chi connectivity index (χ2n) is 6.18. The molecule has 0 aromatic heterocycles.